The molecular formula is C17H26N2O2. The van der Waals surface area contributed by atoms with Crippen LogP contribution in [0.5, 0.6) is 0 Å². The Morgan fingerprint density at radius 1 is 1.24 bits per heavy atom. The monoisotopic (exact) mass is 290 g/mol. The zero-order valence-electron chi connectivity index (χ0n) is 13.1. The molecule has 21 heavy (non-hydrogen) atoms. The number of nitrogens with zero attached hydrogens (tertiary/aromatic N) is 1. The van der Waals surface area contributed by atoms with Crippen LogP contribution in [0.25, 0.3) is 0 Å². The Morgan fingerprint density at radius 3 is 2.52 bits per heavy atom. The zero-order chi connectivity index (χ0) is 15.1. The Kier molecular flexibility index (Phi) is 5.90. The molecule has 0 radical (unpaired) electrons. The van der Waals surface area contributed by atoms with Crippen LogP contribution < -0.4 is 10.2 Å². The van der Waals surface area contributed by atoms with E-state index in [1.807, 2.05) is 13.8 Å². The molecule has 0 amide bonds. The number of nitrogens with one attached hydrogen (secondary N) is 1. The molecule has 1 aliphatic heterocycles. The Bertz CT molecular complexity index is 439. The molecule has 1 saturated heterocycles. The molecule has 1 aromatic rings. The van der Waals surface area contributed by atoms with Crippen LogP contribution in [0.2, 0.25) is 0 Å². The van der Waals surface area contributed by atoms with Crippen molar-refractivity contribution in [1.82, 2.24) is 0 Å². The minimum absolute atomic E-state index is 0.0740. The van der Waals surface area contributed by atoms with Gasteiger partial charge in [-0.1, -0.05) is 0 Å². The first-order chi connectivity index (χ1) is 10.2. The number of piperidine rings is 1. The van der Waals surface area contributed by atoms with Gasteiger partial charge in [0.2, 0.25) is 0 Å². The number of anilines is 2. The number of benzene rings is 1. The fourth-order valence-electron chi connectivity index (χ4n) is 2.73. The Hall–Kier alpha value is -1.71. The predicted molar refractivity (Wildman–Crippen MR) is 86.8 cm³/mol. The first kappa shape index (κ1) is 15.7. The average molecular weight is 290 g/mol. The third-order valence-electron chi connectivity index (χ3n) is 3.78. The first-order valence-electron chi connectivity index (χ1n) is 7.96. The van der Waals surface area contributed by atoms with E-state index in [-0.39, 0.29) is 12.0 Å². The van der Waals surface area contributed by atoms with Crippen molar-refractivity contribution in [1.29, 1.82) is 0 Å². The van der Waals surface area contributed by atoms with Crippen LogP contribution in [-0.2, 0) is 9.53 Å². The molecule has 1 atom stereocenters. The molecule has 4 nitrogen and oxygen atoms in total. The second-order valence-electron chi connectivity index (χ2n) is 5.65. The van der Waals surface area contributed by atoms with Crippen molar-refractivity contribution < 1.29 is 9.53 Å². The maximum absolute atomic E-state index is 11.4. The number of ether oxygens (including phenoxy) is 1. The maximum Gasteiger partial charge on any atom is 0.307 e. The Balaban J connectivity index is 1.85. The smallest absolute Gasteiger partial charge is 0.307 e. The number of hydrogen-bond acceptors (Lipinski definition) is 4. The van der Waals surface area contributed by atoms with Gasteiger partial charge >= 0.3 is 5.97 Å². The molecule has 0 bridgehead atoms. The largest absolute Gasteiger partial charge is 0.466 e. The summed E-state index contributed by atoms with van der Waals surface area (Å²) in [6.45, 7) is 6.58. The third-order valence-corrected chi connectivity index (χ3v) is 3.78. The molecule has 4 heteroatoms. The van der Waals surface area contributed by atoms with Crippen LogP contribution in [-0.4, -0.2) is 31.7 Å². The molecule has 1 unspecified atom stereocenters. The lowest BCUT2D eigenvalue weighted by Crippen LogP contribution is -2.29. The van der Waals surface area contributed by atoms with Crippen molar-refractivity contribution in [3.05, 3.63) is 24.3 Å². The molecule has 0 spiro atoms. The maximum atomic E-state index is 11.4. The van der Waals surface area contributed by atoms with Crippen LogP contribution in [0.3, 0.4) is 0 Å². The molecule has 0 aliphatic carbocycles. The van der Waals surface area contributed by atoms with Gasteiger partial charge in [0, 0.05) is 30.5 Å². The highest BCUT2D eigenvalue weighted by Gasteiger charge is 2.12. The van der Waals surface area contributed by atoms with E-state index in [4.69, 9.17) is 4.74 Å². The summed E-state index contributed by atoms with van der Waals surface area (Å²) in [4.78, 5) is 13.9. The van der Waals surface area contributed by atoms with Crippen LogP contribution >= 0.6 is 0 Å². The van der Waals surface area contributed by atoms with Gasteiger partial charge in [-0.2, -0.15) is 0 Å². The normalized spacial score (nSPS) is 16.4. The van der Waals surface area contributed by atoms with Gasteiger partial charge < -0.3 is 15.0 Å². The third kappa shape index (κ3) is 4.96. The van der Waals surface area contributed by atoms with Crippen LogP contribution in [0.15, 0.2) is 24.3 Å². The van der Waals surface area contributed by atoms with Gasteiger partial charge in [-0.3, -0.25) is 4.79 Å². The molecule has 1 aromatic carbocycles. The van der Waals surface area contributed by atoms with E-state index in [0.29, 0.717) is 13.0 Å². The summed E-state index contributed by atoms with van der Waals surface area (Å²) in [6, 6.07) is 8.57. The van der Waals surface area contributed by atoms with Gasteiger partial charge in [0.05, 0.1) is 13.0 Å². The number of hydrogen-bond donors (Lipinski definition) is 1. The second kappa shape index (κ2) is 7.91. The average Bonchev–Trinajstić information content (AvgIpc) is 2.49. The molecule has 1 fully saturated rings. The summed E-state index contributed by atoms with van der Waals surface area (Å²) in [7, 11) is 0. The lowest BCUT2D eigenvalue weighted by Gasteiger charge is -2.29. The molecule has 1 heterocycles. The Labute approximate surface area is 127 Å². The molecule has 1 aliphatic rings. The van der Waals surface area contributed by atoms with Crippen molar-refractivity contribution in [2.24, 2.45) is 0 Å². The van der Waals surface area contributed by atoms with Crippen LogP contribution in [0.4, 0.5) is 11.4 Å². The van der Waals surface area contributed by atoms with Crippen molar-refractivity contribution in [3.63, 3.8) is 0 Å². The number of rotatable bonds is 6. The van der Waals surface area contributed by atoms with Crippen molar-refractivity contribution in [2.45, 2.75) is 45.6 Å². The van der Waals surface area contributed by atoms with Gasteiger partial charge in [0.25, 0.3) is 0 Å². The summed E-state index contributed by atoms with van der Waals surface area (Å²) in [5.74, 6) is -0.151. The van der Waals surface area contributed by atoms with E-state index in [0.717, 1.165) is 18.8 Å². The van der Waals surface area contributed by atoms with Gasteiger partial charge in [-0.05, 0) is 57.4 Å². The van der Waals surface area contributed by atoms with Gasteiger partial charge in [0.1, 0.15) is 0 Å². The molecule has 0 saturated carbocycles. The van der Waals surface area contributed by atoms with E-state index < -0.39 is 0 Å². The van der Waals surface area contributed by atoms with E-state index >= 15 is 0 Å². The molecule has 116 valence electrons. The zero-order valence-corrected chi connectivity index (χ0v) is 13.1. The number of carbonyl (C=O) groups is 1. The summed E-state index contributed by atoms with van der Waals surface area (Å²) < 4.78 is 4.96. The number of esters is 1. The molecule has 2 rings (SSSR count). The highest BCUT2D eigenvalue weighted by molar-refractivity contribution is 5.70. The van der Waals surface area contributed by atoms with Crippen molar-refractivity contribution in [2.75, 3.05) is 29.9 Å². The highest BCUT2D eigenvalue weighted by atomic mass is 16.5. The SMILES string of the molecule is CCOC(=O)CC(C)Nc1ccc(N2CCCCC2)cc1. The van der Waals surface area contributed by atoms with E-state index in [9.17, 15) is 4.79 Å². The summed E-state index contributed by atoms with van der Waals surface area (Å²) in [5.41, 5.74) is 2.34. The van der Waals surface area contributed by atoms with E-state index in [1.165, 1.54) is 24.9 Å². The quantitative estimate of drug-likeness (QED) is 0.815. The fourth-order valence-corrected chi connectivity index (χ4v) is 2.73. The topological polar surface area (TPSA) is 41.6 Å². The standard InChI is InChI=1S/C17H26N2O2/c1-3-21-17(20)13-14(2)18-15-7-9-16(10-8-15)19-11-5-4-6-12-19/h7-10,14,18H,3-6,11-13H2,1-2H3. The van der Waals surface area contributed by atoms with Gasteiger partial charge in [0.15, 0.2) is 0 Å². The van der Waals surface area contributed by atoms with E-state index in [1.54, 1.807) is 0 Å². The highest BCUT2D eigenvalue weighted by Crippen LogP contribution is 2.22. The first-order valence-corrected chi connectivity index (χ1v) is 7.96. The minimum atomic E-state index is -0.151. The molecule has 1 N–H and O–H groups in total. The fraction of sp³-hybridized carbons (Fsp3) is 0.588. The van der Waals surface area contributed by atoms with Crippen molar-refractivity contribution in [3.8, 4) is 0 Å². The predicted octanol–water partition coefficient (Wildman–Crippen LogP) is 3.43. The van der Waals surface area contributed by atoms with E-state index in [2.05, 4.69) is 34.5 Å². The molecule has 0 aromatic heterocycles. The second-order valence-corrected chi connectivity index (χ2v) is 5.65. The van der Waals surface area contributed by atoms with Crippen LogP contribution in [0.1, 0.15) is 39.5 Å². The Morgan fingerprint density at radius 2 is 1.90 bits per heavy atom. The summed E-state index contributed by atoms with van der Waals surface area (Å²) in [5, 5.41) is 3.34. The lowest BCUT2D eigenvalue weighted by atomic mass is 10.1. The van der Waals surface area contributed by atoms with Crippen LogP contribution in [0, 0.1) is 0 Å². The van der Waals surface area contributed by atoms with Gasteiger partial charge in [-0.25, -0.2) is 0 Å². The molecular weight excluding hydrogens is 264 g/mol. The lowest BCUT2D eigenvalue weighted by molar-refractivity contribution is -0.143. The summed E-state index contributed by atoms with van der Waals surface area (Å²) in [6.07, 6.45) is 4.32. The van der Waals surface area contributed by atoms with Crippen molar-refractivity contribution >= 4 is 17.3 Å². The summed E-state index contributed by atoms with van der Waals surface area (Å²) >= 11 is 0. The van der Waals surface area contributed by atoms with Gasteiger partial charge in [-0.15, -0.1) is 0 Å². The number of carbonyl (C=O) groups excluding carboxylic acids is 1. The minimum Gasteiger partial charge on any atom is -0.466 e.